The second kappa shape index (κ2) is 7.80. The summed E-state index contributed by atoms with van der Waals surface area (Å²) in [7, 11) is 0. The fourth-order valence-corrected chi connectivity index (χ4v) is 4.15. The highest BCUT2D eigenvalue weighted by molar-refractivity contribution is 9.10. The van der Waals surface area contributed by atoms with E-state index in [2.05, 4.69) is 41.2 Å². The topological polar surface area (TPSA) is 100 Å². The molecule has 4 rings (SSSR count). The normalized spacial score (nSPS) is 14.5. The lowest BCUT2D eigenvalue weighted by molar-refractivity contribution is -0.138. The van der Waals surface area contributed by atoms with Crippen LogP contribution in [0.5, 0.6) is 0 Å². The Kier molecular flexibility index (Phi) is 5.22. The van der Waals surface area contributed by atoms with E-state index >= 15 is 0 Å². The van der Waals surface area contributed by atoms with Gasteiger partial charge in [0.1, 0.15) is 5.82 Å². The molecule has 0 amide bonds. The number of carboxylic acid groups (broad SMARTS) is 1. The molecule has 1 aromatic carbocycles. The molecule has 2 aromatic heterocycles. The summed E-state index contributed by atoms with van der Waals surface area (Å²) in [5, 5.41) is 21.3. The van der Waals surface area contributed by atoms with Crippen LogP contribution in [0.3, 0.4) is 0 Å². The summed E-state index contributed by atoms with van der Waals surface area (Å²) in [4.78, 5) is 21.0. The number of rotatable bonds is 5. The molecule has 0 spiro atoms. The van der Waals surface area contributed by atoms with Gasteiger partial charge in [-0.1, -0.05) is 27.3 Å². The molecular weight excluding hydrogens is 453 g/mol. The lowest BCUT2D eigenvalue weighted by atomic mass is 10.2. The lowest BCUT2D eigenvalue weighted by Crippen LogP contribution is -2.46. The minimum absolute atomic E-state index is 0.233. The van der Waals surface area contributed by atoms with E-state index < -0.39 is 5.97 Å². The van der Waals surface area contributed by atoms with Crippen molar-refractivity contribution in [3.8, 4) is 10.7 Å². The molecule has 0 bridgehead atoms. The zero-order chi connectivity index (χ0) is 19.7. The maximum atomic E-state index is 14.1. The smallest absolute Gasteiger partial charge is 0.327 e. The number of anilines is 2. The summed E-state index contributed by atoms with van der Waals surface area (Å²) in [5.74, 6) is -0.919. The van der Waals surface area contributed by atoms with Crippen LogP contribution in [0, 0.1) is 5.82 Å². The Hall–Kier alpha value is -2.60. The van der Waals surface area contributed by atoms with E-state index in [9.17, 15) is 9.18 Å². The predicted molar refractivity (Wildman–Crippen MR) is 105 cm³/mol. The number of piperazine rings is 1. The third-order valence-electron chi connectivity index (χ3n) is 4.24. The van der Waals surface area contributed by atoms with E-state index in [-0.39, 0.29) is 12.4 Å². The minimum Gasteiger partial charge on any atom is -0.480 e. The zero-order valence-corrected chi connectivity index (χ0v) is 16.9. The van der Waals surface area contributed by atoms with Gasteiger partial charge >= 0.3 is 5.97 Å². The summed E-state index contributed by atoms with van der Waals surface area (Å²) in [6.07, 6.45) is 1.66. The van der Waals surface area contributed by atoms with Crippen molar-refractivity contribution in [3.05, 3.63) is 34.7 Å². The molecule has 146 valence electrons. The quantitative estimate of drug-likeness (QED) is 0.608. The molecule has 12 heteroatoms. The highest BCUT2D eigenvalue weighted by Crippen LogP contribution is 2.31. The molecule has 0 saturated carbocycles. The highest BCUT2D eigenvalue weighted by atomic mass is 79.9. The highest BCUT2D eigenvalue weighted by Gasteiger charge is 2.22. The van der Waals surface area contributed by atoms with Gasteiger partial charge in [-0.25, -0.2) is 9.37 Å². The summed E-state index contributed by atoms with van der Waals surface area (Å²) >= 11 is 4.80. The van der Waals surface area contributed by atoms with Crippen molar-refractivity contribution >= 4 is 44.1 Å². The molecule has 1 aliphatic heterocycles. The molecule has 1 N–H and O–H groups in total. The largest absolute Gasteiger partial charge is 0.480 e. The summed E-state index contributed by atoms with van der Waals surface area (Å²) < 4.78 is 14.9. The van der Waals surface area contributed by atoms with Gasteiger partial charge in [0, 0.05) is 30.7 Å². The standard InChI is InChI=1S/C16H15BrFN7O2S/c17-10-1-2-11(18)12(7-10)23-3-5-24(6-4-23)16-19-8-13(28-16)15-20-22-25(21-15)9-14(26)27/h1-2,7-8H,3-6,9H2,(H,26,27). The van der Waals surface area contributed by atoms with Crippen molar-refractivity contribution in [1.82, 2.24) is 25.2 Å². The Morgan fingerprint density at radius 3 is 2.75 bits per heavy atom. The Balaban J connectivity index is 1.42. The van der Waals surface area contributed by atoms with E-state index in [0.29, 0.717) is 42.6 Å². The molecule has 9 nitrogen and oxygen atoms in total. The van der Waals surface area contributed by atoms with Crippen molar-refractivity contribution in [3.63, 3.8) is 0 Å². The van der Waals surface area contributed by atoms with Gasteiger partial charge in [0.25, 0.3) is 0 Å². The Bertz CT molecular complexity index is 1000. The Morgan fingerprint density at radius 1 is 1.25 bits per heavy atom. The number of tetrazole rings is 1. The number of hydrogen-bond acceptors (Lipinski definition) is 8. The second-order valence-electron chi connectivity index (χ2n) is 6.11. The number of aliphatic carboxylic acids is 1. The number of benzene rings is 1. The van der Waals surface area contributed by atoms with Crippen LogP contribution in [-0.2, 0) is 11.3 Å². The van der Waals surface area contributed by atoms with Crippen LogP contribution in [0.4, 0.5) is 15.2 Å². The van der Waals surface area contributed by atoms with Crippen LogP contribution < -0.4 is 9.80 Å². The maximum Gasteiger partial charge on any atom is 0.327 e. The molecule has 1 fully saturated rings. The van der Waals surface area contributed by atoms with Gasteiger partial charge in [-0.15, -0.1) is 10.2 Å². The second-order valence-corrected chi connectivity index (χ2v) is 8.04. The number of halogens is 2. The molecule has 1 aliphatic rings. The first-order valence-electron chi connectivity index (χ1n) is 8.40. The fourth-order valence-electron chi connectivity index (χ4n) is 2.91. The molecule has 0 radical (unpaired) electrons. The molecule has 3 heterocycles. The Morgan fingerprint density at radius 2 is 2.00 bits per heavy atom. The first kappa shape index (κ1) is 18.7. The number of carbonyl (C=O) groups is 1. The molecule has 1 saturated heterocycles. The van der Waals surface area contributed by atoms with Crippen molar-refractivity contribution in [1.29, 1.82) is 0 Å². The van der Waals surface area contributed by atoms with E-state index in [1.165, 1.54) is 17.4 Å². The van der Waals surface area contributed by atoms with Crippen molar-refractivity contribution in [2.45, 2.75) is 6.54 Å². The molecular formula is C16H15BrFN7O2S. The van der Waals surface area contributed by atoms with Crippen molar-refractivity contribution < 1.29 is 14.3 Å². The van der Waals surface area contributed by atoms with Gasteiger partial charge in [0.15, 0.2) is 11.7 Å². The van der Waals surface area contributed by atoms with E-state index in [4.69, 9.17) is 5.11 Å². The van der Waals surface area contributed by atoms with Crippen LogP contribution in [-0.4, -0.2) is 62.4 Å². The summed E-state index contributed by atoms with van der Waals surface area (Å²) in [6, 6.07) is 4.94. The maximum absolute atomic E-state index is 14.1. The van der Waals surface area contributed by atoms with Crippen LogP contribution >= 0.6 is 27.3 Å². The lowest BCUT2D eigenvalue weighted by Gasteiger charge is -2.36. The first-order valence-corrected chi connectivity index (χ1v) is 10.0. The fraction of sp³-hybridized carbons (Fsp3) is 0.312. The number of thiazole rings is 1. The predicted octanol–water partition coefficient (Wildman–Crippen LogP) is 2.11. The first-order chi connectivity index (χ1) is 13.5. The number of hydrogen-bond donors (Lipinski definition) is 1. The van der Waals surface area contributed by atoms with E-state index in [0.717, 1.165) is 14.4 Å². The number of aromatic nitrogens is 5. The summed E-state index contributed by atoms with van der Waals surface area (Å²) in [5.41, 5.74) is 0.591. The van der Waals surface area contributed by atoms with Crippen LogP contribution in [0.2, 0.25) is 0 Å². The average Bonchev–Trinajstić information content (AvgIpc) is 3.33. The zero-order valence-electron chi connectivity index (χ0n) is 14.5. The van der Waals surface area contributed by atoms with E-state index in [1.807, 2.05) is 4.90 Å². The molecule has 0 atom stereocenters. The summed E-state index contributed by atoms with van der Waals surface area (Å²) in [6.45, 7) is 2.42. The number of nitrogens with zero attached hydrogens (tertiary/aromatic N) is 7. The van der Waals surface area contributed by atoms with Crippen LogP contribution in [0.25, 0.3) is 10.7 Å². The van der Waals surface area contributed by atoms with Gasteiger partial charge < -0.3 is 14.9 Å². The minimum atomic E-state index is -1.03. The van der Waals surface area contributed by atoms with Gasteiger partial charge in [-0.2, -0.15) is 4.80 Å². The Labute approximate surface area is 171 Å². The molecule has 0 unspecified atom stereocenters. The van der Waals surface area contributed by atoms with Crippen molar-refractivity contribution in [2.24, 2.45) is 0 Å². The van der Waals surface area contributed by atoms with Crippen LogP contribution in [0.1, 0.15) is 0 Å². The monoisotopic (exact) mass is 467 g/mol. The van der Waals surface area contributed by atoms with Gasteiger partial charge in [-0.3, -0.25) is 4.79 Å². The SMILES string of the molecule is O=C(O)Cn1nnc(-c2cnc(N3CCN(c4cc(Br)ccc4F)CC3)s2)n1. The number of carboxylic acids is 1. The third-order valence-corrected chi connectivity index (χ3v) is 5.79. The van der Waals surface area contributed by atoms with Crippen molar-refractivity contribution in [2.75, 3.05) is 36.0 Å². The van der Waals surface area contributed by atoms with E-state index in [1.54, 1.807) is 18.3 Å². The van der Waals surface area contributed by atoms with Gasteiger partial charge in [0.2, 0.25) is 5.82 Å². The third kappa shape index (κ3) is 3.97. The van der Waals surface area contributed by atoms with Gasteiger partial charge in [-0.05, 0) is 23.4 Å². The molecule has 28 heavy (non-hydrogen) atoms. The van der Waals surface area contributed by atoms with Crippen LogP contribution in [0.15, 0.2) is 28.9 Å². The molecule has 3 aromatic rings. The molecule has 0 aliphatic carbocycles. The van der Waals surface area contributed by atoms with Gasteiger partial charge in [0.05, 0.1) is 16.8 Å². The average molecular weight is 468 g/mol.